The summed E-state index contributed by atoms with van der Waals surface area (Å²) >= 11 is 112. The summed E-state index contributed by atoms with van der Waals surface area (Å²) in [6, 6.07) is 0. The Hall–Kier alpha value is 15.7. The van der Waals surface area contributed by atoms with Crippen LogP contribution in [-0.2, 0) is 29.5 Å². The Morgan fingerprint density at radius 1 is 0.207 bits per heavy atom. The fraction of sp³-hybridized carbons (Fsp3) is 1.00. The second-order valence-corrected chi connectivity index (χ2v) is 82.3. The summed E-state index contributed by atoms with van der Waals surface area (Å²) in [6.07, 6.45) is 0. The van der Waals surface area contributed by atoms with Gasteiger partial charge < -0.3 is 0 Å². The summed E-state index contributed by atoms with van der Waals surface area (Å²) < 4.78 is 61.4. The van der Waals surface area contributed by atoms with Gasteiger partial charge in [0.1, 0.15) is 29.1 Å². The zero-order valence-electron chi connectivity index (χ0n) is 24.2. The fourth-order valence-corrected chi connectivity index (χ4v) is 47.4. The van der Waals surface area contributed by atoms with E-state index < -0.39 is 76.7 Å². The van der Waals surface area contributed by atoms with Crippen molar-refractivity contribution in [1.82, 2.24) is 0 Å². The van der Waals surface area contributed by atoms with Gasteiger partial charge in [-0.25, -0.2) is 25.3 Å². The Bertz CT molecular complexity index is 1680. The number of rotatable bonds is 15. The molecule has 0 saturated heterocycles. The number of halogens is 33. The molecule has 0 unspecified atom stereocenters. The minimum atomic E-state index is -5.92. The molecule has 0 aromatic heterocycles. The lowest BCUT2D eigenvalue weighted by atomic mass is 10.2. The highest BCUT2D eigenvalue weighted by Gasteiger charge is 2.82. The van der Waals surface area contributed by atoms with Crippen LogP contribution in [0.5, 0.6) is 0 Å². The molecule has 0 N–H and O–H groups in total. The lowest BCUT2D eigenvalue weighted by molar-refractivity contribution is 0.559. The molecule has 0 atom stereocenters. The SMILES string of the molecule is O=S(=O)(C(S(=O)(=O)C(Br)(Br)C(Br)(Br)C(Br)(Br)C(Br)(Br)C(Br)(Br)Br)S(=O)(=O)C(Br)(Br)C(Br)(Br)C(Br)(Br)C(Br)(Br)C(Br)(Br)Br)C(Br)(Br)C(Br)(Br)C(Br)(Br)C(Br)(Br)C(Br)(Br)Br. The highest BCUT2D eigenvalue weighted by Crippen LogP contribution is 2.78. The largest absolute Gasteiger partial charge is 0.269 e. The van der Waals surface area contributed by atoms with Gasteiger partial charge in [0, 0.05) is 0 Å². The van der Waals surface area contributed by atoms with Crippen LogP contribution in [0.4, 0.5) is 0 Å². The molecule has 0 amide bonds. The summed E-state index contributed by atoms with van der Waals surface area (Å²) in [5.41, 5.74) is 0. The van der Waals surface area contributed by atoms with Crippen molar-refractivity contribution in [3.63, 3.8) is 0 Å². The van der Waals surface area contributed by atoms with Gasteiger partial charge in [-0.2, -0.15) is 0 Å². The maximum Gasteiger partial charge on any atom is 0.269 e. The van der Waals surface area contributed by atoms with Gasteiger partial charge in [-0.05, 0) is 0 Å². The van der Waals surface area contributed by atoms with Crippen molar-refractivity contribution < 1.29 is 25.3 Å². The lowest BCUT2D eigenvalue weighted by Gasteiger charge is -2.53. The van der Waals surface area contributed by atoms with Crippen molar-refractivity contribution in [2.75, 3.05) is 0 Å². The van der Waals surface area contributed by atoms with Crippen molar-refractivity contribution in [3.05, 3.63) is 0 Å². The van der Waals surface area contributed by atoms with Crippen LogP contribution < -0.4 is 0 Å². The smallest absolute Gasteiger partial charge is 0.224 e. The molecule has 0 aromatic rings. The molecule has 0 rings (SSSR count). The zero-order chi connectivity index (χ0) is 48.6. The number of alkyl halides is 33. The first kappa shape index (κ1) is 73.7. The van der Waals surface area contributed by atoms with Gasteiger partial charge in [0.25, 0.3) is 3.91 Å². The molecular weight excluding hydrogens is 3020 g/mol. The maximum absolute atomic E-state index is 15.8. The Labute approximate surface area is 612 Å². The van der Waals surface area contributed by atoms with E-state index >= 15 is 25.3 Å². The normalized spacial score (nSPS) is 17.3. The first-order valence-corrected chi connectivity index (χ1v) is 42.4. The highest BCUT2D eigenvalue weighted by atomic mass is 80.0. The summed E-state index contributed by atoms with van der Waals surface area (Å²) in [7, 11) is -17.8. The molecule has 0 aliphatic rings. The number of sulfone groups is 3. The summed E-state index contributed by atoms with van der Waals surface area (Å²) in [4.78, 5) is 0. The van der Waals surface area contributed by atoms with E-state index in [9.17, 15) is 0 Å². The van der Waals surface area contributed by atoms with E-state index in [1.165, 1.54) is 0 Å². The molecule has 0 spiro atoms. The molecule has 6 nitrogen and oxygen atoms in total. The highest BCUT2D eigenvalue weighted by molar-refractivity contribution is 9.44. The summed E-state index contributed by atoms with van der Waals surface area (Å²) in [6.45, 7) is 0. The molecule has 0 aliphatic heterocycles. The van der Waals surface area contributed by atoms with Gasteiger partial charge in [-0.3, -0.25) is 0 Å². The molecule has 0 aromatic carbocycles. The molecular formula is C16HBr33O6S3. The predicted molar refractivity (Wildman–Crippen MR) is 366 cm³/mol. The van der Waals surface area contributed by atoms with Crippen LogP contribution in [0.3, 0.4) is 0 Å². The topological polar surface area (TPSA) is 102 Å². The average molecular weight is 3020 g/mol. The first-order valence-electron chi connectivity index (χ1n) is 11.6. The lowest BCUT2D eigenvalue weighted by Crippen LogP contribution is -2.68. The molecule has 0 bridgehead atoms. The number of hydrogen-bond donors (Lipinski definition) is 0. The van der Waals surface area contributed by atoms with Gasteiger partial charge >= 0.3 is 0 Å². The molecule has 0 radical (unpaired) electrons. The maximum atomic E-state index is 15.8. The van der Waals surface area contributed by atoms with Gasteiger partial charge in [0.2, 0.25) is 37.2 Å². The molecule has 42 heteroatoms. The van der Waals surface area contributed by atoms with Crippen molar-refractivity contribution in [2.24, 2.45) is 0 Å². The Balaban J connectivity index is 9.26. The van der Waals surface area contributed by atoms with Gasteiger partial charge in [-0.1, -0.05) is 526 Å². The van der Waals surface area contributed by atoms with Gasteiger partial charge in [0.15, 0.2) is 6.43 Å². The van der Waals surface area contributed by atoms with Crippen LogP contribution in [0, 0.1) is 0 Å². The summed E-state index contributed by atoms with van der Waals surface area (Å²) in [5, 5.41) is 0. The van der Waals surface area contributed by atoms with Crippen LogP contribution in [0.1, 0.15) is 0 Å². The van der Waals surface area contributed by atoms with Crippen molar-refractivity contribution >= 4 is 555 Å². The van der Waals surface area contributed by atoms with Gasteiger partial charge in [-0.15, -0.1) is 0 Å². The van der Waals surface area contributed by atoms with E-state index in [-0.39, 0.29) is 0 Å². The van der Waals surface area contributed by atoms with Crippen molar-refractivity contribution in [2.45, 2.75) is 47.1 Å². The van der Waals surface area contributed by atoms with Crippen molar-refractivity contribution in [3.8, 4) is 0 Å². The predicted octanol–water partition coefficient (Wildman–Crippen LogP) is 22.7. The molecule has 0 heterocycles. The van der Waals surface area contributed by atoms with Crippen LogP contribution >= 0.6 is 526 Å². The van der Waals surface area contributed by atoms with E-state index in [1.54, 1.807) is 0 Å². The standard InChI is InChI=1S/C16HBr33O6S3/c17-2(18,5(23,24)11(35,36)37)8(29,30)14(44,45)56(50,51)1(57(52,53)15(46,47)9(31,32)3(19,20)6(25,26)12(38,39)40)58(54,55)16(48,49)10(33,34)4(21,22)7(27,28)13(41,42)43/h1H. The molecule has 0 aliphatic carbocycles. The number of hydrogen-bond acceptors (Lipinski definition) is 6. The second-order valence-electron chi connectivity index (χ2n) is 10.1. The Morgan fingerprint density at radius 2 is 0.328 bits per heavy atom. The third-order valence-corrected chi connectivity index (χ3v) is 84.3. The molecule has 0 saturated carbocycles. The van der Waals surface area contributed by atoms with E-state index in [2.05, 4.69) is 526 Å². The van der Waals surface area contributed by atoms with Crippen LogP contribution in [0.25, 0.3) is 0 Å². The monoisotopic (exact) mass is 2990 g/mol. The third kappa shape index (κ3) is 12.6. The summed E-state index contributed by atoms with van der Waals surface area (Å²) in [5.74, 6) is 0. The van der Waals surface area contributed by atoms with Crippen molar-refractivity contribution in [1.29, 1.82) is 0 Å². The van der Waals surface area contributed by atoms with Crippen LogP contribution in [0.2, 0.25) is 0 Å². The average Bonchev–Trinajstić information content (AvgIpc) is 2.93. The zero-order valence-corrected chi connectivity index (χ0v) is 79.0. The van der Waals surface area contributed by atoms with E-state index in [4.69, 9.17) is 0 Å². The first-order chi connectivity index (χ1) is 24.1. The minimum Gasteiger partial charge on any atom is -0.224 e. The molecule has 0 fully saturated rings. The molecule has 58 heavy (non-hydrogen) atoms. The van der Waals surface area contributed by atoms with E-state index in [0.29, 0.717) is 0 Å². The quantitative estimate of drug-likeness (QED) is 0.151. The Morgan fingerprint density at radius 3 is 0.431 bits per heavy atom. The van der Waals surface area contributed by atoms with E-state index in [1.807, 2.05) is 0 Å². The van der Waals surface area contributed by atoms with Gasteiger partial charge in [0.05, 0.1) is 0 Å². The second kappa shape index (κ2) is 23.3. The van der Waals surface area contributed by atoms with Crippen LogP contribution in [0.15, 0.2) is 0 Å². The van der Waals surface area contributed by atoms with Crippen LogP contribution in [-0.4, -0.2) is 72.4 Å². The third-order valence-electron chi connectivity index (χ3n) is 6.36. The fourth-order valence-electron chi connectivity index (χ4n) is 3.07. The Kier molecular flexibility index (Phi) is 29.6. The molecule has 350 valence electrons. The minimum absolute atomic E-state index is 1.33. The van der Waals surface area contributed by atoms with E-state index in [0.717, 1.165) is 0 Å².